The summed E-state index contributed by atoms with van der Waals surface area (Å²) in [7, 11) is 4.02. The van der Waals surface area contributed by atoms with Crippen LogP contribution in [0, 0.1) is 6.92 Å². The molecule has 0 radical (unpaired) electrons. The Balaban J connectivity index is 0.00000117. The van der Waals surface area contributed by atoms with Crippen molar-refractivity contribution < 1.29 is 0 Å². The quantitative estimate of drug-likeness (QED) is 0.533. The molecule has 2 heterocycles. The van der Waals surface area contributed by atoms with Crippen molar-refractivity contribution in [2.24, 2.45) is 0 Å². The maximum Gasteiger partial charge on any atom is 0.239 e. The standard InChI is InChI=1S/C20H21N7.C2H6/c1-13-22-16-6-4-5-7-17(16)27(13)20-24-18(21)12-19(25-20)23-14-8-10-15(11-9-14)26(2)3;1-2/h4-12H,1-3H3,(H3,21,23,24,25);1-2H3. The van der Waals surface area contributed by atoms with E-state index in [1.54, 1.807) is 6.07 Å². The average molecular weight is 390 g/mol. The van der Waals surface area contributed by atoms with Gasteiger partial charge in [0.15, 0.2) is 0 Å². The highest BCUT2D eigenvalue weighted by Gasteiger charge is 2.13. The Bertz CT molecular complexity index is 1100. The topological polar surface area (TPSA) is 84.9 Å². The number of hydrogen-bond acceptors (Lipinski definition) is 6. The summed E-state index contributed by atoms with van der Waals surface area (Å²) in [6, 6.07) is 17.7. The number of aromatic nitrogens is 4. The van der Waals surface area contributed by atoms with Crippen molar-refractivity contribution >= 4 is 34.0 Å². The van der Waals surface area contributed by atoms with Crippen LogP contribution in [0.15, 0.2) is 54.6 Å². The molecular weight excluding hydrogens is 362 g/mol. The molecule has 7 nitrogen and oxygen atoms in total. The molecule has 7 heteroatoms. The van der Waals surface area contributed by atoms with Gasteiger partial charge in [-0.3, -0.25) is 4.57 Å². The fourth-order valence-corrected chi connectivity index (χ4v) is 3.01. The van der Waals surface area contributed by atoms with Gasteiger partial charge in [-0.15, -0.1) is 0 Å². The molecule has 0 unspecified atom stereocenters. The molecule has 0 saturated heterocycles. The third kappa shape index (κ3) is 4.29. The van der Waals surface area contributed by atoms with Gasteiger partial charge in [0.1, 0.15) is 17.5 Å². The Hall–Kier alpha value is -3.61. The third-order valence-corrected chi connectivity index (χ3v) is 4.32. The number of para-hydroxylation sites is 2. The number of nitrogens with one attached hydrogen (secondary N) is 1. The first-order valence-electron chi connectivity index (χ1n) is 9.65. The minimum atomic E-state index is 0.393. The molecular formula is C22H27N7. The molecule has 0 fully saturated rings. The van der Waals surface area contributed by atoms with Crippen LogP contribution in [-0.4, -0.2) is 33.6 Å². The van der Waals surface area contributed by atoms with E-state index in [4.69, 9.17) is 5.73 Å². The van der Waals surface area contributed by atoms with Crippen LogP contribution in [-0.2, 0) is 0 Å². The van der Waals surface area contributed by atoms with E-state index in [-0.39, 0.29) is 0 Å². The second-order valence-electron chi connectivity index (χ2n) is 6.53. The molecule has 4 aromatic rings. The molecule has 0 aliphatic rings. The number of rotatable bonds is 4. The molecule has 0 amide bonds. The Morgan fingerprint density at radius 3 is 2.31 bits per heavy atom. The predicted molar refractivity (Wildman–Crippen MR) is 121 cm³/mol. The predicted octanol–water partition coefficient (Wildman–Crippen LogP) is 4.54. The highest BCUT2D eigenvalue weighted by molar-refractivity contribution is 5.77. The number of nitrogens with two attached hydrogens (primary N) is 1. The monoisotopic (exact) mass is 389 g/mol. The zero-order valence-corrected chi connectivity index (χ0v) is 17.5. The van der Waals surface area contributed by atoms with Crippen LogP contribution in [0.1, 0.15) is 19.7 Å². The summed E-state index contributed by atoms with van der Waals surface area (Å²) in [5.41, 5.74) is 9.95. The van der Waals surface area contributed by atoms with Gasteiger partial charge < -0.3 is 16.0 Å². The fourth-order valence-electron chi connectivity index (χ4n) is 3.01. The maximum absolute atomic E-state index is 6.05. The second-order valence-corrected chi connectivity index (χ2v) is 6.53. The van der Waals surface area contributed by atoms with Gasteiger partial charge in [0.2, 0.25) is 5.95 Å². The van der Waals surface area contributed by atoms with E-state index in [1.165, 1.54) is 0 Å². The number of nitrogens with zero attached hydrogens (tertiary/aromatic N) is 5. The van der Waals surface area contributed by atoms with E-state index in [9.17, 15) is 0 Å². The highest BCUT2D eigenvalue weighted by atomic mass is 15.2. The Labute approximate surface area is 171 Å². The first-order chi connectivity index (χ1) is 14.0. The largest absolute Gasteiger partial charge is 0.383 e. The van der Waals surface area contributed by atoms with Gasteiger partial charge in [-0.2, -0.15) is 9.97 Å². The van der Waals surface area contributed by atoms with Crippen molar-refractivity contribution in [3.05, 3.63) is 60.4 Å². The lowest BCUT2D eigenvalue weighted by Crippen LogP contribution is -2.09. The molecule has 2 aromatic heterocycles. The molecule has 4 rings (SSSR count). The summed E-state index contributed by atoms with van der Waals surface area (Å²) in [5.74, 6) is 2.33. The van der Waals surface area contributed by atoms with E-state index in [2.05, 4.69) is 25.2 Å². The van der Waals surface area contributed by atoms with Gasteiger partial charge in [0.25, 0.3) is 0 Å². The van der Waals surface area contributed by atoms with Crippen molar-refractivity contribution in [1.29, 1.82) is 0 Å². The number of nitrogen functional groups attached to an aromatic ring is 1. The van der Waals surface area contributed by atoms with E-state index in [0.717, 1.165) is 28.2 Å². The Morgan fingerprint density at radius 2 is 1.62 bits per heavy atom. The number of benzene rings is 2. The van der Waals surface area contributed by atoms with Crippen LogP contribution in [0.4, 0.5) is 23.0 Å². The minimum absolute atomic E-state index is 0.393. The summed E-state index contributed by atoms with van der Waals surface area (Å²) in [4.78, 5) is 15.7. The number of anilines is 4. The lowest BCUT2D eigenvalue weighted by atomic mass is 10.2. The smallest absolute Gasteiger partial charge is 0.239 e. The van der Waals surface area contributed by atoms with Gasteiger partial charge in [0, 0.05) is 31.5 Å². The van der Waals surface area contributed by atoms with Gasteiger partial charge in [0.05, 0.1) is 11.0 Å². The van der Waals surface area contributed by atoms with E-state index in [0.29, 0.717) is 17.6 Å². The summed E-state index contributed by atoms with van der Waals surface area (Å²) in [6.07, 6.45) is 0. The van der Waals surface area contributed by atoms with Gasteiger partial charge >= 0.3 is 0 Å². The van der Waals surface area contributed by atoms with Crippen molar-refractivity contribution in [3.63, 3.8) is 0 Å². The highest BCUT2D eigenvalue weighted by Crippen LogP contribution is 2.23. The molecule has 3 N–H and O–H groups in total. The number of hydrogen-bond donors (Lipinski definition) is 2. The summed E-state index contributed by atoms with van der Waals surface area (Å²) in [6.45, 7) is 5.93. The molecule has 2 aromatic carbocycles. The average Bonchev–Trinajstić information content (AvgIpc) is 3.05. The summed E-state index contributed by atoms with van der Waals surface area (Å²) in [5, 5.41) is 3.30. The Kier molecular flexibility index (Phi) is 5.97. The van der Waals surface area contributed by atoms with Gasteiger partial charge in [-0.25, -0.2) is 4.98 Å². The molecule has 0 atom stereocenters. The van der Waals surface area contributed by atoms with Crippen LogP contribution in [0.2, 0.25) is 0 Å². The molecule has 0 aliphatic heterocycles. The van der Waals surface area contributed by atoms with Crippen LogP contribution in [0.3, 0.4) is 0 Å². The minimum Gasteiger partial charge on any atom is -0.383 e. The zero-order valence-electron chi connectivity index (χ0n) is 17.5. The molecule has 0 bridgehead atoms. The van der Waals surface area contributed by atoms with Crippen LogP contribution < -0.4 is 16.0 Å². The number of imidazole rings is 1. The molecule has 0 spiro atoms. The lowest BCUT2D eigenvalue weighted by molar-refractivity contribution is 0.910. The molecule has 150 valence electrons. The first kappa shape index (κ1) is 20.1. The van der Waals surface area contributed by atoms with Crippen molar-refractivity contribution in [1.82, 2.24) is 19.5 Å². The molecule has 29 heavy (non-hydrogen) atoms. The van der Waals surface area contributed by atoms with E-state index >= 15 is 0 Å². The van der Waals surface area contributed by atoms with Gasteiger partial charge in [-0.1, -0.05) is 26.0 Å². The maximum atomic E-state index is 6.05. The van der Waals surface area contributed by atoms with Crippen molar-refractivity contribution in [2.75, 3.05) is 30.0 Å². The van der Waals surface area contributed by atoms with E-state index < -0.39 is 0 Å². The SMILES string of the molecule is CC.Cc1nc2ccccc2n1-c1nc(N)cc(Nc2ccc(N(C)C)cc2)n1. The third-order valence-electron chi connectivity index (χ3n) is 4.32. The molecule has 0 saturated carbocycles. The van der Waals surface area contributed by atoms with Crippen LogP contribution >= 0.6 is 0 Å². The summed E-state index contributed by atoms with van der Waals surface area (Å²) >= 11 is 0. The first-order valence-corrected chi connectivity index (χ1v) is 9.65. The van der Waals surface area contributed by atoms with E-state index in [1.807, 2.05) is 88.0 Å². The van der Waals surface area contributed by atoms with Crippen LogP contribution in [0.5, 0.6) is 0 Å². The Morgan fingerprint density at radius 1 is 0.931 bits per heavy atom. The molecule has 0 aliphatic carbocycles. The van der Waals surface area contributed by atoms with Crippen molar-refractivity contribution in [2.45, 2.75) is 20.8 Å². The number of fused-ring (bicyclic) bond motifs is 1. The number of aryl methyl sites for hydroxylation is 1. The normalized spacial score (nSPS) is 10.4. The van der Waals surface area contributed by atoms with Crippen molar-refractivity contribution in [3.8, 4) is 5.95 Å². The zero-order chi connectivity index (χ0) is 21.0. The second kappa shape index (κ2) is 8.60. The summed E-state index contributed by atoms with van der Waals surface area (Å²) < 4.78 is 1.91. The van der Waals surface area contributed by atoms with Crippen LogP contribution in [0.25, 0.3) is 17.0 Å². The van der Waals surface area contributed by atoms with Gasteiger partial charge in [-0.05, 0) is 43.3 Å². The lowest BCUT2D eigenvalue weighted by Gasteiger charge is -2.14. The fraction of sp³-hybridized carbons (Fsp3) is 0.227.